The SMILES string of the molecule is CCN(CC)c1ccc(C(=S)c2ccccc2)cc1. The van der Waals surface area contributed by atoms with Crippen molar-refractivity contribution in [3.8, 4) is 0 Å². The molecule has 2 heteroatoms. The lowest BCUT2D eigenvalue weighted by Gasteiger charge is -2.21. The number of thiocarbonyl (C=S) groups is 1. The van der Waals surface area contributed by atoms with Crippen molar-refractivity contribution >= 4 is 22.8 Å². The summed E-state index contributed by atoms with van der Waals surface area (Å²) in [5, 5.41) is 0. The molecule has 0 aromatic heterocycles. The van der Waals surface area contributed by atoms with Gasteiger partial charge in [-0.1, -0.05) is 54.7 Å². The van der Waals surface area contributed by atoms with Gasteiger partial charge in [0.05, 0.1) is 4.86 Å². The molecule has 0 heterocycles. The number of anilines is 1. The second kappa shape index (κ2) is 6.48. The summed E-state index contributed by atoms with van der Waals surface area (Å²) < 4.78 is 0. The summed E-state index contributed by atoms with van der Waals surface area (Å²) in [6.45, 7) is 6.40. The molecule has 2 rings (SSSR count). The van der Waals surface area contributed by atoms with Gasteiger partial charge in [0, 0.05) is 18.8 Å². The fourth-order valence-electron chi connectivity index (χ4n) is 2.17. The minimum Gasteiger partial charge on any atom is -0.372 e. The van der Waals surface area contributed by atoms with E-state index in [9.17, 15) is 0 Å². The van der Waals surface area contributed by atoms with Crippen molar-refractivity contribution in [2.75, 3.05) is 18.0 Å². The predicted molar refractivity (Wildman–Crippen MR) is 87.2 cm³/mol. The highest BCUT2D eigenvalue weighted by molar-refractivity contribution is 7.81. The number of benzene rings is 2. The fourth-order valence-corrected chi connectivity index (χ4v) is 2.44. The lowest BCUT2D eigenvalue weighted by atomic mass is 10.0. The third kappa shape index (κ3) is 3.21. The summed E-state index contributed by atoms with van der Waals surface area (Å²) >= 11 is 5.54. The zero-order chi connectivity index (χ0) is 13.7. The first kappa shape index (κ1) is 13.8. The van der Waals surface area contributed by atoms with Crippen LogP contribution in [0.25, 0.3) is 0 Å². The van der Waals surface area contributed by atoms with Crippen molar-refractivity contribution in [3.63, 3.8) is 0 Å². The van der Waals surface area contributed by atoms with Crippen molar-refractivity contribution in [2.24, 2.45) is 0 Å². The molecule has 0 aliphatic carbocycles. The van der Waals surface area contributed by atoms with Gasteiger partial charge in [0.2, 0.25) is 0 Å². The summed E-state index contributed by atoms with van der Waals surface area (Å²) in [7, 11) is 0. The highest BCUT2D eigenvalue weighted by Crippen LogP contribution is 2.17. The number of rotatable bonds is 5. The van der Waals surface area contributed by atoms with Gasteiger partial charge in [0.25, 0.3) is 0 Å². The van der Waals surface area contributed by atoms with E-state index in [1.807, 2.05) is 18.2 Å². The minimum atomic E-state index is 0.909. The Kier molecular flexibility index (Phi) is 4.69. The van der Waals surface area contributed by atoms with Gasteiger partial charge in [-0.2, -0.15) is 0 Å². The van der Waals surface area contributed by atoms with Crippen LogP contribution in [0.15, 0.2) is 54.6 Å². The summed E-state index contributed by atoms with van der Waals surface area (Å²) in [5.41, 5.74) is 3.47. The molecule has 0 radical (unpaired) electrons. The second-order valence-electron chi connectivity index (χ2n) is 4.41. The molecule has 0 saturated carbocycles. The zero-order valence-corrected chi connectivity index (χ0v) is 12.3. The largest absolute Gasteiger partial charge is 0.372 e. The van der Waals surface area contributed by atoms with E-state index in [1.165, 1.54) is 5.69 Å². The van der Waals surface area contributed by atoms with Crippen molar-refractivity contribution in [1.29, 1.82) is 0 Å². The maximum Gasteiger partial charge on any atom is 0.0521 e. The zero-order valence-electron chi connectivity index (χ0n) is 11.5. The van der Waals surface area contributed by atoms with Crippen LogP contribution in [-0.2, 0) is 0 Å². The van der Waals surface area contributed by atoms with Gasteiger partial charge >= 0.3 is 0 Å². The van der Waals surface area contributed by atoms with Gasteiger partial charge in [-0.25, -0.2) is 0 Å². The topological polar surface area (TPSA) is 3.24 Å². The number of nitrogens with zero attached hydrogens (tertiary/aromatic N) is 1. The normalized spacial score (nSPS) is 10.2. The van der Waals surface area contributed by atoms with Crippen LogP contribution in [0.3, 0.4) is 0 Å². The monoisotopic (exact) mass is 269 g/mol. The highest BCUT2D eigenvalue weighted by Gasteiger charge is 2.05. The van der Waals surface area contributed by atoms with Crippen LogP contribution in [0.5, 0.6) is 0 Å². The molecule has 0 amide bonds. The van der Waals surface area contributed by atoms with Crippen molar-refractivity contribution in [3.05, 3.63) is 65.7 Å². The lowest BCUT2D eigenvalue weighted by molar-refractivity contribution is 0.866. The van der Waals surface area contributed by atoms with Gasteiger partial charge in [-0.05, 0) is 37.1 Å². The molecule has 1 nitrogen and oxygen atoms in total. The maximum absolute atomic E-state index is 5.54. The Balaban J connectivity index is 2.21. The second-order valence-corrected chi connectivity index (χ2v) is 4.82. The molecule has 19 heavy (non-hydrogen) atoms. The van der Waals surface area contributed by atoms with Gasteiger partial charge < -0.3 is 4.90 Å². The van der Waals surface area contributed by atoms with E-state index >= 15 is 0 Å². The molecule has 0 saturated heterocycles. The van der Waals surface area contributed by atoms with Crippen molar-refractivity contribution < 1.29 is 0 Å². The summed E-state index contributed by atoms with van der Waals surface area (Å²) in [6.07, 6.45) is 0. The van der Waals surface area contributed by atoms with Crippen LogP contribution >= 0.6 is 12.2 Å². The Morgan fingerprint density at radius 1 is 0.842 bits per heavy atom. The van der Waals surface area contributed by atoms with Gasteiger partial charge in [-0.15, -0.1) is 0 Å². The van der Waals surface area contributed by atoms with Crippen LogP contribution < -0.4 is 4.90 Å². The third-order valence-corrected chi connectivity index (χ3v) is 3.77. The summed E-state index contributed by atoms with van der Waals surface area (Å²) in [5.74, 6) is 0. The first-order valence-corrected chi connectivity index (χ1v) is 7.11. The first-order valence-electron chi connectivity index (χ1n) is 6.71. The van der Waals surface area contributed by atoms with E-state index in [-0.39, 0.29) is 0 Å². The Labute approximate surface area is 120 Å². The highest BCUT2D eigenvalue weighted by atomic mass is 32.1. The van der Waals surface area contributed by atoms with Crippen LogP contribution in [0.1, 0.15) is 25.0 Å². The standard InChI is InChI=1S/C17H19NS/c1-3-18(4-2)16-12-10-15(11-13-16)17(19)14-8-6-5-7-9-14/h5-13H,3-4H2,1-2H3. The Morgan fingerprint density at radius 3 is 1.89 bits per heavy atom. The Morgan fingerprint density at radius 2 is 1.37 bits per heavy atom. The van der Waals surface area contributed by atoms with E-state index in [2.05, 4.69) is 55.1 Å². The molecule has 2 aromatic rings. The van der Waals surface area contributed by atoms with Crippen LogP contribution in [0.2, 0.25) is 0 Å². The van der Waals surface area contributed by atoms with Crippen LogP contribution in [0.4, 0.5) is 5.69 Å². The van der Waals surface area contributed by atoms with Crippen molar-refractivity contribution in [2.45, 2.75) is 13.8 Å². The van der Waals surface area contributed by atoms with Crippen LogP contribution in [-0.4, -0.2) is 18.0 Å². The van der Waals surface area contributed by atoms with Gasteiger partial charge in [0.15, 0.2) is 0 Å². The van der Waals surface area contributed by atoms with Gasteiger partial charge in [0.1, 0.15) is 0 Å². The third-order valence-electron chi connectivity index (χ3n) is 3.29. The van der Waals surface area contributed by atoms with E-state index in [0.717, 1.165) is 29.1 Å². The Bertz CT molecular complexity index is 527. The van der Waals surface area contributed by atoms with E-state index in [4.69, 9.17) is 12.2 Å². The van der Waals surface area contributed by atoms with E-state index in [1.54, 1.807) is 0 Å². The van der Waals surface area contributed by atoms with Crippen LogP contribution in [0, 0.1) is 0 Å². The average Bonchev–Trinajstić information content (AvgIpc) is 2.49. The lowest BCUT2D eigenvalue weighted by Crippen LogP contribution is -2.21. The summed E-state index contributed by atoms with van der Waals surface area (Å²) in [6, 6.07) is 18.7. The first-order chi connectivity index (χ1) is 9.26. The minimum absolute atomic E-state index is 0.909. The smallest absolute Gasteiger partial charge is 0.0521 e. The molecule has 0 fully saturated rings. The molecule has 98 valence electrons. The fraction of sp³-hybridized carbons (Fsp3) is 0.235. The van der Waals surface area contributed by atoms with E-state index < -0.39 is 0 Å². The van der Waals surface area contributed by atoms with Crippen molar-refractivity contribution in [1.82, 2.24) is 0 Å². The number of hydrogen-bond acceptors (Lipinski definition) is 2. The average molecular weight is 269 g/mol. The molecule has 0 spiro atoms. The molecular weight excluding hydrogens is 250 g/mol. The molecule has 0 atom stereocenters. The molecule has 0 aliphatic rings. The molecule has 0 bridgehead atoms. The predicted octanol–water partition coefficient (Wildman–Crippen LogP) is 4.30. The maximum atomic E-state index is 5.54. The molecule has 0 N–H and O–H groups in total. The molecular formula is C17H19NS. The Hall–Kier alpha value is -1.67. The summed E-state index contributed by atoms with van der Waals surface area (Å²) in [4.78, 5) is 3.24. The number of hydrogen-bond donors (Lipinski definition) is 0. The quantitative estimate of drug-likeness (QED) is 0.588. The molecule has 2 aromatic carbocycles. The molecule has 0 aliphatic heterocycles. The molecule has 0 unspecified atom stereocenters. The van der Waals surface area contributed by atoms with Gasteiger partial charge in [-0.3, -0.25) is 0 Å². The van der Waals surface area contributed by atoms with E-state index in [0.29, 0.717) is 0 Å².